The van der Waals surface area contributed by atoms with E-state index in [1.165, 1.54) is 16.8 Å². The Morgan fingerprint density at radius 2 is 2.00 bits per heavy atom. The Kier molecular flexibility index (Phi) is 4.75. The molecule has 2 aromatic rings. The molecule has 0 spiro atoms. The smallest absolute Gasteiger partial charge is 0.341 e. The number of aromatic carboxylic acids is 1. The van der Waals surface area contributed by atoms with Crippen LogP contribution < -0.4 is 10.7 Å². The lowest BCUT2D eigenvalue weighted by Crippen LogP contribution is -2.27. The van der Waals surface area contributed by atoms with Gasteiger partial charge in [-0.3, -0.25) is 9.59 Å². The highest BCUT2D eigenvalue weighted by Crippen LogP contribution is 2.18. The second-order valence-corrected chi connectivity index (χ2v) is 4.79. The van der Waals surface area contributed by atoms with Crippen LogP contribution in [0.3, 0.4) is 0 Å². The van der Waals surface area contributed by atoms with Gasteiger partial charge in [0.2, 0.25) is 5.43 Å². The molecule has 23 heavy (non-hydrogen) atoms. The number of pyridine rings is 1. The summed E-state index contributed by atoms with van der Waals surface area (Å²) >= 11 is 0. The van der Waals surface area contributed by atoms with Crippen molar-refractivity contribution < 1.29 is 24.2 Å². The van der Waals surface area contributed by atoms with Crippen LogP contribution in [0, 0.1) is 5.82 Å². The van der Waals surface area contributed by atoms with Crippen molar-refractivity contribution in [2.24, 2.45) is 0 Å². The average Bonchev–Trinajstić information content (AvgIpc) is 2.52. The van der Waals surface area contributed by atoms with E-state index in [4.69, 9.17) is 10.2 Å². The van der Waals surface area contributed by atoms with Crippen LogP contribution in [0.5, 0.6) is 0 Å². The molecule has 1 aromatic heterocycles. The van der Waals surface area contributed by atoms with E-state index < -0.39 is 28.7 Å². The molecule has 2 rings (SSSR count). The minimum Gasteiger partial charge on any atom is -0.477 e. The van der Waals surface area contributed by atoms with E-state index in [1.807, 2.05) is 0 Å². The number of fused-ring (bicyclic) bond motifs is 1. The third-order valence-electron chi connectivity index (χ3n) is 3.38. The average molecular weight is 322 g/mol. The predicted octanol–water partition coefficient (Wildman–Crippen LogP) is 0.581. The number of rotatable bonds is 5. The van der Waals surface area contributed by atoms with Crippen LogP contribution in [-0.4, -0.2) is 39.8 Å². The van der Waals surface area contributed by atoms with Crippen LogP contribution in [-0.2, 0) is 6.54 Å². The molecule has 0 aliphatic heterocycles. The number of aliphatic hydroxyl groups excluding tert-OH is 1. The molecule has 1 amide bonds. The number of nitrogens with one attached hydrogen (secondary N) is 1. The molecular formula is C15H15FN2O5. The topological polar surface area (TPSA) is 109 Å². The zero-order valence-corrected chi connectivity index (χ0v) is 12.3. The van der Waals surface area contributed by atoms with Crippen molar-refractivity contribution in [3.63, 3.8) is 0 Å². The first-order chi connectivity index (χ1) is 10.9. The summed E-state index contributed by atoms with van der Waals surface area (Å²) in [4.78, 5) is 35.2. The summed E-state index contributed by atoms with van der Waals surface area (Å²) in [6.07, 6.45) is 1.17. The Hall–Kier alpha value is -2.74. The zero-order valence-electron chi connectivity index (χ0n) is 12.3. The number of benzene rings is 1. The van der Waals surface area contributed by atoms with Gasteiger partial charge in [-0.1, -0.05) is 0 Å². The number of aryl methyl sites for hydroxylation is 1. The van der Waals surface area contributed by atoms with E-state index in [-0.39, 0.29) is 29.6 Å². The number of aliphatic hydroxyl groups is 1. The Morgan fingerprint density at radius 1 is 1.30 bits per heavy atom. The lowest BCUT2D eigenvalue weighted by Gasteiger charge is -2.12. The van der Waals surface area contributed by atoms with E-state index in [1.54, 1.807) is 6.92 Å². The van der Waals surface area contributed by atoms with Gasteiger partial charge in [0.1, 0.15) is 11.4 Å². The molecule has 0 atom stereocenters. The number of aromatic nitrogens is 1. The predicted molar refractivity (Wildman–Crippen MR) is 80.2 cm³/mol. The summed E-state index contributed by atoms with van der Waals surface area (Å²) in [6.45, 7) is 1.74. The van der Waals surface area contributed by atoms with Gasteiger partial charge < -0.3 is 20.1 Å². The minimum atomic E-state index is -1.40. The highest BCUT2D eigenvalue weighted by atomic mass is 19.1. The maximum Gasteiger partial charge on any atom is 0.341 e. The van der Waals surface area contributed by atoms with Crippen LogP contribution in [0.25, 0.3) is 10.9 Å². The molecule has 3 N–H and O–H groups in total. The minimum absolute atomic E-state index is 0.0329. The quantitative estimate of drug-likeness (QED) is 0.746. The lowest BCUT2D eigenvalue weighted by atomic mass is 10.1. The molecule has 0 aliphatic rings. The summed E-state index contributed by atoms with van der Waals surface area (Å²) < 4.78 is 15.6. The Bertz CT molecular complexity index is 844. The monoisotopic (exact) mass is 322 g/mol. The van der Waals surface area contributed by atoms with E-state index in [0.29, 0.717) is 6.54 Å². The van der Waals surface area contributed by atoms with Gasteiger partial charge in [0.25, 0.3) is 5.91 Å². The number of hydrogen-bond donors (Lipinski definition) is 3. The van der Waals surface area contributed by atoms with Gasteiger partial charge >= 0.3 is 5.97 Å². The molecule has 7 nitrogen and oxygen atoms in total. The summed E-state index contributed by atoms with van der Waals surface area (Å²) in [7, 11) is 0. The van der Waals surface area contributed by atoms with Gasteiger partial charge in [0.15, 0.2) is 0 Å². The highest BCUT2D eigenvalue weighted by molar-refractivity contribution is 5.99. The van der Waals surface area contributed by atoms with Crippen molar-refractivity contribution in [3.8, 4) is 0 Å². The van der Waals surface area contributed by atoms with Crippen molar-refractivity contribution in [2.75, 3.05) is 13.2 Å². The summed E-state index contributed by atoms with van der Waals surface area (Å²) in [6, 6.07) is 2.07. The lowest BCUT2D eigenvalue weighted by molar-refractivity contribution is 0.0694. The number of halogens is 1. The normalized spacial score (nSPS) is 10.7. The van der Waals surface area contributed by atoms with Gasteiger partial charge in [-0.2, -0.15) is 0 Å². The van der Waals surface area contributed by atoms with Crippen molar-refractivity contribution in [1.82, 2.24) is 9.88 Å². The van der Waals surface area contributed by atoms with Gasteiger partial charge in [-0.25, -0.2) is 9.18 Å². The SMILES string of the molecule is CCn1cc(C(=O)O)c(=O)c2cc(F)c(C(=O)NCCO)cc21. The van der Waals surface area contributed by atoms with E-state index in [9.17, 15) is 18.8 Å². The number of amides is 1. The first-order valence-electron chi connectivity index (χ1n) is 6.89. The van der Waals surface area contributed by atoms with Crippen LogP contribution in [0.1, 0.15) is 27.6 Å². The maximum absolute atomic E-state index is 14.1. The zero-order chi connectivity index (χ0) is 17.1. The third kappa shape index (κ3) is 3.07. The van der Waals surface area contributed by atoms with Gasteiger partial charge in [-0.05, 0) is 19.1 Å². The van der Waals surface area contributed by atoms with E-state index >= 15 is 0 Å². The fourth-order valence-electron chi connectivity index (χ4n) is 2.26. The molecule has 0 saturated carbocycles. The van der Waals surface area contributed by atoms with Crippen LogP contribution in [0.4, 0.5) is 4.39 Å². The molecule has 122 valence electrons. The van der Waals surface area contributed by atoms with Crippen molar-refractivity contribution in [3.05, 3.63) is 45.5 Å². The molecule has 8 heteroatoms. The Labute approximate surface area is 130 Å². The number of carboxylic acid groups (broad SMARTS) is 1. The summed E-state index contributed by atoms with van der Waals surface area (Å²) in [5.41, 5.74) is -1.29. The van der Waals surface area contributed by atoms with E-state index in [2.05, 4.69) is 5.32 Å². The number of hydrogen-bond acceptors (Lipinski definition) is 4. The highest BCUT2D eigenvalue weighted by Gasteiger charge is 2.19. The molecule has 0 saturated heterocycles. The Morgan fingerprint density at radius 3 is 2.57 bits per heavy atom. The largest absolute Gasteiger partial charge is 0.477 e. The van der Waals surface area contributed by atoms with Crippen molar-refractivity contribution in [1.29, 1.82) is 0 Å². The third-order valence-corrected chi connectivity index (χ3v) is 3.38. The number of carboxylic acids is 1. The maximum atomic E-state index is 14.1. The van der Waals surface area contributed by atoms with Gasteiger partial charge in [-0.15, -0.1) is 0 Å². The second kappa shape index (κ2) is 6.57. The van der Waals surface area contributed by atoms with Crippen LogP contribution in [0.15, 0.2) is 23.1 Å². The number of carbonyl (C=O) groups excluding carboxylic acids is 1. The number of carbonyl (C=O) groups is 2. The van der Waals surface area contributed by atoms with Crippen molar-refractivity contribution >= 4 is 22.8 Å². The summed E-state index contributed by atoms with van der Waals surface area (Å²) in [5, 5.41) is 20.0. The molecule has 1 aromatic carbocycles. The van der Waals surface area contributed by atoms with Crippen LogP contribution in [0.2, 0.25) is 0 Å². The molecular weight excluding hydrogens is 307 g/mol. The molecule has 0 bridgehead atoms. The fraction of sp³-hybridized carbons (Fsp3) is 0.267. The molecule has 0 fully saturated rings. The summed E-state index contributed by atoms with van der Waals surface area (Å²) in [5.74, 6) is -3.06. The molecule has 0 radical (unpaired) electrons. The second-order valence-electron chi connectivity index (χ2n) is 4.79. The van der Waals surface area contributed by atoms with E-state index in [0.717, 1.165) is 6.07 Å². The first-order valence-corrected chi connectivity index (χ1v) is 6.89. The first kappa shape index (κ1) is 16.6. The fourth-order valence-corrected chi connectivity index (χ4v) is 2.26. The number of nitrogens with zero attached hydrogens (tertiary/aromatic N) is 1. The Balaban J connectivity index is 2.72. The van der Waals surface area contributed by atoms with Crippen LogP contribution >= 0.6 is 0 Å². The van der Waals surface area contributed by atoms with Gasteiger partial charge in [0, 0.05) is 24.7 Å². The van der Waals surface area contributed by atoms with Gasteiger partial charge in [0.05, 0.1) is 17.7 Å². The molecule has 0 unspecified atom stereocenters. The molecule has 0 aliphatic carbocycles. The molecule has 1 heterocycles. The standard InChI is InChI=1S/C15H15FN2O5/c1-2-18-7-10(15(22)23)13(20)9-5-11(16)8(6-12(9)18)14(21)17-3-4-19/h5-7,19H,2-4H2,1H3,(H,17,21)(H,22,23). The van der Waals surface area contributed by atoms with Crippen molar-refractivity contribution in [2.45, 2.75) is 13.5 Å².